The first-order valence-electron chi connectivity index (χ1n) is 4.03. The van der Waals surface area contributed by atoms with Crippen LogP contribution in [0.15, 0.2) is 6.07 Å². The van der Waals surface area contributed by atoms with E-state index in [4.69, 9.17) is 0 Å². The number of halogens is 7. The van der Waals surface area contributed by atoms with Gasteiger partial charge in [0.15, 0.2) is 6.29 Å². The zero-order valence-corrected chi connectivity index (χ0v) is 10.2. The molecule has 0 amide bonds. The molecule has 0 spiro atoms. The first-order valence-corrected chi connectivity index (χ1v) is 5.11. The highest BCUT2D eigenvalue weighted by molar-refractivity contribution is 14.1. The highest BCUT2D eigenvalue weighted by Crippen LogP contribution is 2.34. The molecule has 0 aromatic carbocycles. The number of pyridine rings is 1. The molecule has 0 aliphatic carbocycles. The third kappa shape index (κ3) is 3.71. The molecule has 0 saturated heterocycles. The van der Waals surface area contributed by atoms with Crippen LogP contribution in [0.1, 0.15) is 16.1 Å². The Bertz CT molecular complexity index is 470. The third-order valence-electron chi connectivity index (χ3n) is 1.59. The SMILES string of the molecule is O=Cc1c(I)cc(C(F)(F)F)nc1OC(F)(F)F. The van der Waals surface area contributed by atoms with Crippen molar-refractivity contribution >= 4 is 28.9 Å². The topological polar surface area (TPSA) is 39.2 Å². The molecule has 0 radical (unpaired) electrons. The van der Waals surface area contributed by atoms with E-state index in [1.54, 1.807) is 0 Å². The third-order valence-corrected chi connectivity index (χ3v) is 2.49. The Morgan fingerprint density at radius 3 is 2.17 bits per heavy atom. The van der Waals surface area contributed by atoms with Crippen molar-refractivity contribution in [2.75, 3.05) is 0 Å². The lowest BCUT2D eigenvalue weighted by molar-refractivity contribution is -0.276. The Morgan fingerprint density at radius 2 is 1.78 bits per heavy atom. The van der Waals surface area contributed by atoms with E-state index in [0.717, 1.165) is 0 Å². The van der Waals surface area contributed by atoms with E-state index >= 15 is 0 Å². The summed E-state index contributed by atoms with van der Waals surface area (Å²) in [7, 11) is 0. The number of ether oxygens (including phenoxy) is 1. The van der Waals surface area contributed by atoms with Gasteiger partial charge >= 0.3 is 12.5 Å². The number of rotatable bonds is 2. The largest absolute Gasteiger partial charge is 0.574 e. The van der Waals surface area contributed by atoms with Gasteiger partial charge in [-0.2, -0.15) is 13.2 Å². The van der Waals surface area contributed by atoms with Crippen molar-refractivity contribution in [3.8, 4) is 5.88 Å². The Hall–Kier alpha value is -1.07. The Kier molecular flexibility index (Phi) is 4.08. The first kappa shape index (κ1) is 15.0. The average molecular weight is 385 g/mol. The van der Waals surface area contributed by atoms with Crippen LogP contribution in [0.25, 0.3) is 0 Å². The van der Waals surface area contributed by atoms with Gasteiger partial charge in [-0.15, -0.1) is 13.2 Å². The van der Waals surface area contributed by atoms with Crippen LogP contribution in [0, 0.1) is 3.57 Å². The molecular formula is C8H2F6INO2. The number of carbonyl (C=O) groups is 1. The van der Waals surface area contributed by atoms with Gasteiger partial charge in [0.2, 0.25) is 5.88 Å². The Morgan fingerprint density at radius 1 is 1.22 bits per heavy atom. The number of hydrogen-bond acceptors (Lipinski definition) is 3. The number of alkyl halides is 6. The lowest BCUT2D eigenvalue weighted by atomic mass is 10.2. The summed E-state index contributed by atoms with van der Waals surface area (Å²) < 4.78 is 75.8. The predicted molar refractivity (Wildman–Crippen MR) is 54.0 cm³/mol. The van der Waals surface area contributed by atoms with Crippen molar-refractivity contribution in [2.24, 2.45) is 0 Å². The highest BCUT2D eigenvalue weighted by Gasteiger charge is 2.37. The van der Waals surface area contributed by atoms with Gasteiger partial charge < -0.3 is 4.74 Å². The van der Waals surface area contributed by atoms with Gasteiger partial charge in [-0.25, -0.2) is 4.98 Å². The van der Waals surface area contributed by atoms with E-state index in [1.807, 2.05) is 0 Å². The quantitative estimate of drug-likeness (QED) is 0.445. The number of carbonyl (C=O) groups excluding carboxylic acids is 1. The maximum atomic E-state index is 12.3. The molecule has 0 aliphatic heterocycles. The molecule has 10 heteroatoms. The second kappa shape index (κ2) is 4.90. The van der Waals surface area contributed by atoms with Gasteiger partial charge in [-0.1, -0.05) is 0 Å². The molecule has 0 atom stereocenters. The molecular weight excluding hydrogens is 383 g/mol. The molecule has 0 N–H and O–H groups in total. The van der Waals surface area contributed by atoms with Crippen LogP contribution < -0.4 is 4.74 Å². The van der Waals surface area contributed by atoms with E-state index in [0.29, 0.717) is 6.07 Å². The van der Waals surface area contributed by atoms with Crippen LogP contribution in [0.5, 0.6) is 5.88 Å². The predicted octanol–water partition coefficient (Wildman–Crippen LogP) is 3.42. The minimum atomic E-state index is -5.24. The van der Waals surface area contributed by atoms with Crippen molar-refractivity contribution < 1.29 is 35.9 Å². The standard InChI is InChI=1S/C8H2F6INO2/c9-7(10,11)5-1-4(15)3(2-17)6(16-5)18-8(12,13)14/h1-2H. The van der Waals surface area contributed by atoms with Crippen molar-refractivity contribution in [2.45, 2.75) is 12.5 Å². The van der Waals surface area contributed by atoms with Gasteiger partial charge in [-0.3, -0.25) is 4.79 Å². The lowest BCUT2D eigenvalue weighted by Gasteiger charge is -2.13. The van der Waals surface area contributed by atoms with E-state index in [-0.39, 0.29) is 9.86 Å². The van der Waals surface area contributed by atoms with Crippen molar-refractivity contribution in [1.29, 1.82) is 0 Å². The second-order valence-electron chi connectivity index (χ2n) is 2.87. The zero-order valence-electron chi connectivity index (χ0n) is 8.06. The van der Waals surface area contributed by atoms with E-state index < -0.39 is 29.7 Å². The summed E-state index contributed by atoms with van der Waals surface area (Å²) >= 11 is 1.28. The number of hydrogen-bond donors (Lipinski definition) is 0. The molecule has 0 bridgehead atoms. The summed E-state index contributed by atoms with van der Waals surface area (Å²) in [5.74, 6) is -1.42. The molecule has 0 saturated carbocycles. The van der Waals surface area contributed by atoms with Crippen LogP contribution in [-0.4, -0.2) is 17.6 Å². The molecule has 0 aliphatic rings. The highest BCUT2D eigenvalue weighted by atomic mass is 127. The molecule has 0 unspecified atom stereocenters. The first-order chi connectivity index (χ1) is 8.04. The molecule has 1 aromatic rings. The Balaban J connectivity index is 3.37. The number of nitrogens with zero attached hydrogens (tertiary/aromatic N) is 1. The van der Waals surface area contributed by atoms with Crippen molar-refractivity contribution in [1.82, 2.24) is 4.98 Å². The summed E-state index contributed by atoms with van der Waals surface area (Å²) in [6.45, 7) is 0. The molecule has 100 valence electrons. The summed E-state index contributed by atoms with van der Waals surface area (Å²) in [5, 5.41) is 0. The fourth-order valence-electron chi connectivity index (χ4n) is 0.941. The summed E-state index contributed by atoms with van der Waals surface area (Å²) in [5.41, 5.74) is -2.27. The monoisotopic (exact) mass is 385 g/mol. The average Bonchev–Trinajstić information content (AvgIpc) is 2.13. The minimum Gasteiger partial charge on any atom is -0.387 e. The zero-order chi connectivity index (χ0) is 14.1. The fourth-order valence-corrected chi connectivity index (χ4v) is 1.59. The van der Waals surface area contributed by atoms with Crippen LogP contribution in [0.4, 0.5) is 26.3 Å². The fraction of sp³-hybridized carbons (Fsp3) is 0.250. The van der Waals surface area contributed by atoms with Crippen LogP contribution >= 0.6 is 22.6 Å². The molecule has 1 aromatic heterocycles. The molecule has 0 fully saturated rings. The number of aromatic nitrogens is 1. The molecule has 1 heterocycles. The van der Waals surface area contributed by atoms with Gasteiger partial charge in [0.1, 0.15) is 5.69 Å². The number of aldehydes is 1. The Labute approximate surface area is 109 Å². The maximum absolute atomic E-state index is 12.3. The lowest BCUT2D eigenvalue weighted by Crippen LogP contribution is -2.21. The van der Waals surface area contributed by atoms with Gasteiger partial charge in [0.25, 0.3) is 0 Å². The van der Waals surface area contributed by atoms with E-state index in [2.05, 4.69) is 9.72 Å². The van der Waals surface area contributed by atoms with Crippen LogP contribution in [-0.2, 0) is 6.18 Å². The van der Waals surface area contributed by atoms with Crippen molar-refractivity contribution in [3.05, 3.63) is 20.9 Å². The summed E-state index contributed by atoms with van der Waals surface area (Å²) in [6, 6.07) is 0.452. The molecule has 3 nitrogen and oxygen atoms in total. The van der Waals surface area contributed by atoms with E-state index in [9.17, 15) is 31.1 Å². The van der Waals surface area contributed by atoms with Gasteiger partial charge in [-0.05, 0) is 28.7 Å². The molecule has 18 heavy (non-hydrogen) atoms. The maximum Gasteiger partial charge on any atom is 0.574 e. The van der Waals surface area contributed by atoms with Gasteiger partial charge in [0, 0.05) is 3.57 Å². The van der Waals surface area contributed by atoms with Crippen molar-refractivity contribution in [3.63, 3.8) is 0 Å². The second-order valence-corrected chi connectivity index (χ2v) is 4.03. The normalized spacial score (nSPS) is 12.4. The smallest absolute Gasteiger partial charge is 0.387 e. The van der Waals surface area contributed by atoms with Gasteiger partial charge in [0.05, 0.1) is 5.56 Å². The summed E-state index contributed by atoms with van der Waals surface area (Å²) in [6.07, 6.45) is -10.2. The van der Waals surface area contributed by atoms with Crippen LogP contribution in [0.3, 0.4) is 0 Å². The minimum absolute atomic E-state index is 0.0595. The van der Waals surface area contributed by atoms with Crippen LogP contribution in [0.2, 0.25) is 0 Å². The molecule has 1 rings (SSSR count). The summed E-state index contributed by atoms with van der Waals surface area (Å²) in [4.78, 5) is 13.2. The van der Waals surface area contributed by atoms with E-state index in [1.165, 1.54) is 22.6 Å².